The third kappa shape index (κ3) is 4.27. The highest BCUT2D eigenvalue weighted by molar-refractivity contribution is 8.01. The summed E-state index contributed by atoms with van der Waals surface area (Å²) in [7, 11) is 0. The van der Waals surface area contributed by atoms with Crippen LogP contribution in [0.1, 0.15) is 0 Å². The van der Waals surface area contributed by atoms with Gasteiger partial charge in [0.25, 0.3) is 5.13 Å². The van der Waals surface area contributed by atoms with Crippen LogP contribution in [-0.2, 0) is 4.79 Å². The second kappa shape index (κ2) is 7.98. The number of azo groups is 1. The molecule has 0 aliphatic carbocycles. The molecule has 0 bridgehead atoms. The number of carboxylic acid groups (broad SMARTS) is 1. The van der Waals surface area contributed by atoms with Crippen LogP contribution in [0.3, 0.4) is 0 Å². The first-order valence-corrected chi connectivity index (χ1v) is 10.0. The molecule has 0 amide bonds. The summed E-state index contributed by atoms with van der Waals surface area (Å²) in [4.78, 5) is 19.1. The number of hydrogen-bond donors (Lipinski definition) is 3. The average Bonchev–Trinajstić information content (AvgIpc) is 3.30. The molecule has 0 saturated heterocycles. The second-order valence-electron chi connectivity index (χ2n) is 3.85. The van der Waals surface area contributed by atoms with Crippen molar-refractivity contribution < 1.29 is 9.90 Å². The first-order valence-electron chi connectivity index (χ1n) is 6.06. The molecular formula is C10H7N7O2S5. The molecule has 2 N–H and O–H groups in total. The van der Waals surface area contributed by atoms with E-state index in [1.165, 1.54) is 34.0 Å². The molecule has 0 spiro atoms. The molecule has 0 fully saturated rings. The van der Waals surface area contributed by atoms with Gasteiger partial charge in [0.2, 0.25) is 0 Å². The van der Waals surface area contributed by atoms with Crippen LogP contribution in [0, 0.1) is 0 Å². The van der Waals surface area contributed by atoms with E-state index in [1.807, 2.05) is 5.38 Å². The van der Waals surface area contributed by atoms with Gasteiger partial charge in [-0.2, -0.15) is 0 Å². The van der Waals surface area contributed by atoms with Gasteiger partial charge in [-0.25, -0.2) is 9.97 Å². The number of thiazole rings is 2. The lowest BCUT2D eigenvalue weighted by Crippen LogP contribution is -1.96. The van der Waals surface area contributed by atoms with Gasteiger partial charge in [0.05, 0.1) is 5.75 Å². The number of thiol groups is 1. The summed E-state index contributed by atoms with van der Waals surface area (Å²) in [6.45, 7) is 0. The maximum absolute atomic E-state index is 10.5. The molecule has 9 nitrogen and oxygen atoms in total. The van der Waals surface area contributed by atoms with E-state index in [0.717, 1.165) is 16.8 Å². The zero-order chi connectivity index (χ0) is 16.9. The summed E-state index contributed by atoms with van der Waals surface area (Å²) in [5.74, 6) is -0.992. The Morgan fingerprint density at radius 1 is 1.38 bits per heavy atom. The van der Waals surface area contributed by atoms with E-state index in [9.17, 15) is 4.79 Å². The van der Waals surface area contributed by atoms with Crippen molar-refractivity contribution in [3.63, 3.8) is 0 Å². The fourth-order valence-corrected chi connectivity index (χ4v) is 4.37. The van der Waals surface area contributed by atoms with E-state index >= 15 is 0 Å². The molecule has 124 valence electrons. The Morgan fingerprint density at radius 2 is 2.25 bits per heavy atom. The summed E-state index contributed by atoms with van der Waals surface area (Å²) in [6.07, 6.45) is 1.69. The highest BCUT2D eigenvalue weighted by Crippen LogP contribution is 2.40. The van der Waals surface area contributed by atoms with Crippen molar-refractivity contribution in [2.24, 2.45) is 10.2 Å². The molecule has 3 aromatic heterocycles. The van der Waals surface area contributed by atoms with Gasteiger partial charge in [-0.3, -0.25) is 4.79 Å². The summed E-state index contributed by atoms with van der Waals surface area (Å²) in [6, 6.07) is 0. The summed E-state index contributed by atoms with van der Waals surface area (Å²) in [5, 5.41) is 28.6. The van der Waals surface area contributed by atoms with Crippen molar-refractivity contribution in [3.05, 3.63) is 11.6 Å². The molecule has 3 aromatic rings. The van der Waals surface area contributed by atoms with Gasteiger partial charge in [0.1, 0.15) is 10.7 Å². The number of carboxylic acids is 1. The molecule has 0 aliphatic heterocycles. The highest BCUT2D eigenvalue weighted by Gasteiger charge is 2.15. The van der Waals surface area contributed by atoms with E-state index in [-0.39, 0.29) is 5.75 Å². The molecule has 0 saturated carbocycles. The normalized spacial score (nSPS) is 11.2. The van der Waals surface area contributed by atoms with Crippen LogP contribution in [0.5, 0.6) is 0 Å². The van der Waals surface area contributed by atoms with Crippen LogP contribution in [0.4, 0.5) is 15.3 Å². The third-order valence-corrected chi connectivity index (χ3v) is 6.20. The predicted octanol–water partition coefficient (Wildman–Crippen LogP) is 3.97. The molecule has 24 heavy (non-hydrogen) atoms. The molecule has 3 rings (SSSR count). The Labute approximate surface area is 156 Å². The minimum atomic E-state index is -0.914. The fraction of sp³-hybridized carbons (Fsp3) is 0.100. The zero-order valence-electron chi connectivity index (χ0n) is 11.5. The quantitative estimate of drug-likeness (QED) is 0.299. The van der Waals surface area contributed by atoms with Crippen molar-refractivity contribution >= 4 is 79.8 Å². The third-order valence-electron chi connectivity index (χ3n) is 2.28. The minimum absolute atomic E-state index is 0.0776. The standard InChI is InChI=1S/C10H7N7O2S5/c18-4(19)3-22-10-16-15-9(24-10)14-13-7-5(6-11-1-2-21-6)12-8(17-20)23-7/h1-2,20H,3H2,(H,12,17)(H,18,19)/b14-13+. The van der Waals surface area contributed by atoms with Crippen molar-refractivity contribution in [3.8, 4) is 10.7 Å². The van der Waals surface area contributed by atoms with E-state index in [4.69, 9.17) is 5.11 Å². The smallest absolute Gasteiger partial charge is 0.313 e. The molecule has 0 aliphatic rings. The van der Waals surface area contributed by atoms with Gasteiger partial charge in [-0.1, -0.05) is 47.3 Å². The first-order chi connectivity index (χ1) is 11.7. The van der Waals surface area contributed by atoms with E-state index in [2.05, 4.69) is 47.9 Å². The summed E-state index contributed by atoms with van der Waals surface area (Å²) in [5.41, 5.74) is 0.611. The Bertz CT molecular complexity index is 859. The Morgan fingerprint density at radius 3 is 2.96 bits per heavy atom. The van der Waals surface area contributed by atoms with Gasteiger partial charge in [-0.15, -0.1) is 31.8 Å². The number of rotatable bonds is 7. The highest BCUT2D eigenvalue weighted by atomic mass is 32.2. The largest absolute Gasteiger partial charge is 0.481 e. The monoisotopic (exact) mass is 417 g/mol. The molecular weight excluding hydrogens is 410 g/mol. The molecule has 0 aromatic carbocycles. The van der Waals surface area contributed by atoms with E-state index in [0.29, 0.717) is 25.3 Å². The molecule has 0 radical (unpaired) electrons. The maximum Gasteiger partial charge on any atom is 0.313 e. The number of nitrogens with zero attached hydrogens (tertiary/aromatic N) is 6. The van der Waals surface area contributed by atoms with Crippen molar-refractivity contribution in [2.45, 2.75) is 4.34 Å². The number of aliphatic carboxylic acids is 1. The first kappa shape index (κ1) is 17.2. The fourth-order valence-electron chi connectivity index (χ4n) is 1.42. The van der Waals surface area contributed by atoms with E-state index in [1.54, 1.807) is 6.20 Å². The second-order valence-corrected chi connectivity index (χ2v) is 8.13. The van der Waals surface area contributed by atoms with Crippen molar-refractivity contribution in [2.75, 3.05) is 10.5 Å². The van der Waals surface area contributed by atoms with E-state index < -0.39 is 5.97 Å². The lowest BCUT2D eigenvalue weighted by atomic mass is 10.5. The van der Waals surface area contributed by atoms with Crippen LogP contribution in [0.2, 0.25) is 0 Å². The molecule has 3 heterocycles. The number of aromatic nitrogens is 4. The minimum Gasteiger partial charge on any atom is -0.481 e. The predicted molar refractivity (Wildman–Crippen MR) is 98.3 cm³/mol. The molecule has 0 atom stereocenters. The molecule has 14 heteroatoms. The number of hydrogen-bond acceptors (Lipinski definition) is 13. The topological polar surface area (TPSA) is 126 Å². The SMILES string of the molecule is O=C(O)CSc1nnc(/N=N/c2sc(NS)nc2-c2nccs2)s1. The van der Waals surface area contributed by atoms with Crippen LogP contribution >= 0.6 is 58.6 Å². The average molecular weight is 418 g/mol. The Hall–Kier alpha value is -1.61. The van der Waals surface area contributed by atoms with Gasteiger partial charge in [-0.05, 0) is 0 Å². The summed E-state index contributed by atoms with van der Waals surface area (Å²) < 4.78 is 3.19. The van der Waals surface area contributed by atoms with Crippen LogP contribution < -0.4 is 4.72 Å². The number of nitrogens with one attached hydrogen (secondary N) is 1. The van der Waals surface area contributed by atoms with Gasteiger partial charge < -0.3 is 9.83 Å². The lowest BCUT2D eigenvalue weighted by molar-refractivity contribution is -0.133. The Balaban J connectivity index is 1.79. The number of thioether (sulfide) groups is 1. The van der Waals surface area contributed by atoms with Gasteiger partial charge >= 0.3 is 5.97 Å². The molecule has 0 unspecified atom stereocenters. The Kier molecular flexibility index (Phi) is 5.72. The van der Waals surface area contributed by atoms with Crippen molar-refractivity contribution in [1.29, 1.82) is 0 Å². The van der Waals surface area contributed by atoms with Crippen LogP contribution in [-0.4, -0.2) is 37.0 Å². The number of anilines is 1. The maximum atomic E-state index is 10.5. The zero-order valence-corrected chi connectivity index (χ0v) is 15.6. The van der Waals surface area contributed by atoms with Crippen molar-refractivity contribution in [1.82, 2.24) is 20.2 Å². The van der Waals surface area contributed by atoms with Crippen LogP contribution in [0.25, 0.3) is 10.7 Å². The van der Waals surface area contributed by atoms with Gasteiger partial charge in [0, 0.05) is 11.6 Å². The number of carbonyl (C=O) groups is 1. The van der Waals surface area contributed by atoms with Gasteiger partial charge in [0.15, 0.2) is 14.5 Å². The lowest BCUT2D eigenvalue weighted by Gasteiger charge is -1.90. The summed E-state index contributed by atoms with van der Waals surface area (Å²) >= 11 is 8.96. The van der Waals surface area contributed by atoms with Crippen LogP contribution in [0.15, 0.2) is 26.1 Å².